The summed E-state index contributed by atoms with van der Waals surface area (Å²) in [5.41, 5.74) is 0.312. The molecule has 0 aromatic carbocycles. The van der Waals surface area contributed by atoms with Gasteiger partial charge in [0, 0.05) is 11.1 Å². The van der Waals surface area contributed by atoms with E-state index in [2.05, 4.69) is 22.2 Å². The Morgan fingerprint density at radius 3 is 2.95 bits per heavy atom. The van der Waals surface area contributed by atoms with Crippen LogP contribution in [0.5, 0.6) is 0 Å². The zero-order chi connectivity index (χ0) is 13.8. The lowest BCUT2D eigenvalue weighted by Crippen LogP contribution is -2.27. The Kier molecular flexibility index (Phi) is 4.50. The summed E-state index contributed by atoms with van der Waals surface area (Å²) < 4.78 is 0. The molecule has 0 aliphatic heterocycles. The van der Waals surface area contributed by atoms with Crippen molar-refractivity contribution in [2.45, 2.75) is 26.3 Å². The molecule has 1 atom stereocenters. The molecule has 1 N–H and O–H groups in total. The fourth-order valence-corrected chi connectivity index (χ4v) is 2.58. The predicted molar refractivity (Wildman–Crippen MR) is 76.6 cm³/mol. The van der Waals surface area contributed by atoms with Gasteiger partial charge in [-0.05, 0) is 25.5 Å². The van der Waals surface area contributed by atoms with Gasteiger partial charge in [0.05, 0.1) is 6.04 Å². The SMILES string of the molecule is CCc1cnc(C(C)NC(=O)c2cccc(Cl)n2)s1. The van der Waals surface area contributed by atoms with Crippen molar-refractivity contribution in [3.63, 3.8) is 0 Å². The fraction of sp³-hybridized carbons (Fsp3) is 0.308. The molecule has 2 rings (SSSR count). The van der Waals surface area contributed by atoms with E-state index in [4.69, 9.17) is 11.6 Å². The molecule has 0 radical (unpaired) electrons. The number of hydrogen-bond acceptors (Lipinski definition) is 4. The van der Waals surface area contributed by atoms with Crippen LogP contribution in [-0.4, -0.2) is 15.9 Å². The fourth-order valence-electron chi connectivity index (χ4n) is 1.55. The molecule has 100 valence electrons. The van der Waals surface area contributed by atoms with Crippen LogP contribution in [0.4, 0.5) is 0 Å². The molecule has 6 heteroatoms. The van der Waals surface area contributed by atoms with Crippen LogP contribution in [0.3, 0.4) is 0 Å². The minimum Gasteiger partial charge on any atom is -0.342 e. The number of nitrogens with one attached hydrogen (secondary N) is 1. The van der Waals surface area contributed by atoms with Gasteiger partial charge in [-0.3, -0.25) is 4.79 Å². The van der Waals surface area contributed by atoms with Gasteiger partial charge in [-0.1, -0.05) is 24.6 Å². The summed E-state index contributed by atoms with van der Waals surface area (Å²) in [5.74, 6) is -0.247. The predicted octanol–water partition coefficient (Wildman–Crippen LogP) is 3.24. The minimum absolute atomic E-state index is 0.140. The zero-order valence-corrected chi connectivity index (χ0v) is 12.3. The zero-order valence-electron chi connectivity index (χ0n) is 10.7. The number of carbonyl (C=O) groups excluding carboxylic acids is 1. The third-order valence-corrected chi connectivity index (χ3v) is 4.12. The lowest BCUT2D eigenvalue weighted by molar-refractivity contribution is 0.0935. The second kappa shape index (κ2) is 6.12. The molecule has 1 amide bonds. The lowest BCUT2D eigenvalue weighted by Gasteiger charge is -2.10. The first-order valence-electron chi connectivity index (χ1n) is 5.98. The van der Waals surface area contributed by atoms with Gasteiger partial charge >= 0.3 is 0 Å². The summed E-state index contributed by atoms with van der Waals surface area (Å²) in [6, 6.07) is 4.83. The van der Waals surface area contributed by atoms with E-state index in [0.29, 0.717) is 10.8 Å². The first kappa shape index (κ1) is 14.0. The third-order valence-electron chi connectivity index (χ3n) is 2.59. The van der Waals surface area contributed by atoms with E-state index < -0.39 is 0 Å². The van der Waals surface area contributed by atoms with Crippen LogP contribution in [0.1, 0.15) is 40.3 Å². The van der Waals surface area contributed by atoms with Crippen molar-refractivity contribution >= 4 is 28.8 Å². The highest BCUT2D eigenvalue weighted by Gasteiger charge is 2.15. The van der Waals surface area contributed by atoms with E-state index >= 15 is 0 Å². The molecule has 0 saturated carbocycles. The molecule has 1 unspecified atom stereocenters. The van der Waals surface area contributed by atoms with Crippen molar-refractivity contribution in [2.24, 2.45) is 0 Å². The largest absolute Gasteiger partial charge is 0.342 e. The Labute approximate surface area is 120 Å². The first-order valence-corrected chi connectivity index (χ1v) is 7.17. The van der Waals surface area contributed by atoms with Gasteiger partial charge in [-0.15, -0.1) is 11.3 Å². The maximum atomic E-state index is 12.0. The Morgan fingerprint density at radius 1 is 1.53 bits per heavy atom. The highest BCUT2D eigenvalue weighted by atomic mass is 35.5. The maximum Gasteiger partial charge on any atom is 0.270 e. The normalized spacial score (nSPS) is 12.2. The van der Waals surface area contributed by atoms with Crippen molar-refractivity contribution in [1.82, 2.24) is 15.3 Å². The number of pyridine rings is 1. The van der Waals surface area contributed by atoms with Crippen molar-refractivity contribution in [2.75, 3.05) is 0 Å². The third kappa shape index (κ3) is 3.52. The Balaban J connectivity index is 2.06. The van der Waals surface area contributed by atoms with Gasteiger partial charge in [-0.2, -0.15) is 0 Å². The molecule has 2 aromatic rings. The van der Waals surface area contributed by atoms with Crippen LogP contribution in [-0.2, 0) is 6.42 Å². The van der Waals surface area contributed by atoms with Crippen LogP contribution >= 0.6 is 22.9 Å². The van der Waals surface area contributed by atoms with Crippen molar-refractivity contribution in [3.8, 4) is 0 Å². The summed E-state index contributed by atoms with van der Waals surface area (Å²) in [7, 11) is 0. The minimum atomic E-state index is -0.247. The standard InChI is InChI=1S/C13H14ClN3OS/c1-3-9-7-15-13(19-9)8(2)16-12(18)10-5-4-6-11(14)17-10/h4-8H,3H2,1-2H3,(H,16,18). The smallest absolute Gasteiger partial charge is 0.270 e. The van der Waals surface area contributed by atoms with Crippen molar-refractivity contribution < 1.29 is 4.79 Å². The van der Waals surface area contributed by atoms with E-state index in [1.165, 1.54) is 4.88 Å². The molecule has 4 nitrogen and oxygen atoms in total. The number of halogens is 1. The second-order valence-corrected chi connectivity index (χ2v) is 5.59. The van der Waals surface area contributed by atoms with E-state index in [0.717, 1.165) is 11.4 Å². The Hall–Kier alpha value is -1.46. The summed E-state index contributed by atoms with van der Waals surface area (Å²) in [5, 5.41) is 4.07. The molecular formula is C13H14ClN3OS. The highest BCUT2D eigenvalue weighted by molar-refractivity contribution is 7.11. The van der Waals surface area contributed by atoms with Crippen LogP contribution in [0.25, 0.3) is 0 Å². The second-order valence-electron chi connectivity index (χ2n) is 4.06. The van der Waals surface area contributed by atoms with E-state index in [1.54, 1.807) is 29.5 Å². The van der Waals surface area contributed by atoms with Crippen LogP contribution in [0, 0.1) is 0 Å². The van der Waals surface area contributed by atoms with Gasteiger partial charge in [0.2, 0.25) is 0 Å². The maximum absolute atomic E-state index is 12.0. The average Bonchev–Trinajstić information content (AvgIpc) is 2.87. The van der Waals surface area contributed by atoms with Gasteiger partial charge in [0.15, 0.2) is 0 Å². The number of carbonyl (C=O) groups is 1. The topological polar surface area (TPSA) is 54.9 Å². The van der Waals surface area contributed by atoms with Gasteiger partial charge < -0.3 is 5.32 Å². The quantitative estimate of drug-likeness (QED) is 0.881. The molecule has 0 bridgehead atoms. The number of aryl methyl sites for hydroxylation is 1. The monoisotopic (exact) mass is 295 g/mol. The van der Waals surface area contributed by atoms with Crippen LogP contribution in [0.2, 0.25) is 5.15 Å². The molecule has 0 spiro atoms. The average molecular weight is 296 g/mol. The Morgan fingerprint density at radius 2 is 2.32 bits per heavy atom. The van der Waals surface area contributed by atoms with Gasteiger partial charge in [0.25, 0.3) is 5.91 Å². The van der Waals surface area contributed by atoms with Crippen molar-refractivity contribution in [1.29, 1.82) is 0 Å². The van der Waals surface area contributed by atoms with Gasteiger partial charge in [-0.25, -0.2) is 9.97 Å². The lowest BCUT2D eigenvalue weighted by atomic mass is 10.3. The molecule has 2 aromatic heterocycles. The number of amides is 1. The summed E-state index contributed by atoms with van der Waals surface area (Å²) in [6.07, 6.45) is 2.80. The summed E-state index contributed by atoms with van der Waals surface area (Å²) in [6.45, 7) is 3.98. The highest BCUT2D eigenvalue weighted by Crippen LogP contribution is 2.20. The number of rotatable bonds is 4. The molecule has 0 fully saturated rings. The van der Waals surface area contributed by atoms with Gasteiger partial charge in [0.1, 0.15) is 15.9 Å². The number of aromatic nitrogens is 2. The molecule has 0 aliphatic rings. The van der Waals surface area contributed by atoms with E-state index in [1.807, 2.05) is 13.1 Å². The van der Waals surface area contributed by atoms with E-state index in [-0.39, 0.29) is 11.9 Å². The van der Waals surface area contributed by atoms with E-state index in [9.17, 15) is 4.79 Å². The van der Waals surface area contributed by atoms with Crippen LogP contribution < -0.4 is 5.32 Å². The number of thiazole rings is 1. The molecule has 2 heterocycles. The molecular weight excluding hydrogens is 282 g/mol. The molecule has 0 aliphatic carbocycles. The van der Waals surface area contributed by atoms with Crippen molar-refractivity contribution in [3.05, 3.63) is 45.1 Å². The Bertz CT molecular complexity index is 585. The first-order chi connectivity index (χ1) is 9.10. The number of hydrogen-bond donors (Lipinski definition) is 1. The van der Waals surface area contributed by atoms with Crippen LogP contribution in [0.15, 0.2) is 24.4 Å². The molecule has 0 saturated heterocycles. The summed E-state index contributed by atoms with van der Waals surface area (Å²) in [4.78, 5) is 21.5. The summed E-state index contributed by atoms with van der Waals surface area (Å²) >= 11 is 7.37. The molecule has 19 heavy (non-hydrogen) atoms. The number of nitrogens with zero attached hydrogens (tertiary/aromatic N) is 2.